The molecule has 0 aliphatic carbocycles. The number of halogens is 2. The SMILES string of the molecule is Cc1cc(CN2CC[C@H](CNC(=O)c3ccc(F)cc3F)C2)on1. The largest absolute Gasteiger partial charge is 0.360 e. The van der Waals surface area contributed by atoms with Crippen LogP contribution >= 0.6 is 0 Å². The van der Waals surface area contributed by atoms with Gasteiger partial charge in [-0.3, -0.25) is 9.69 Å². The van der Waals surface area contributed by atoms with Gasteiger partial charge in [0.15, 0.2) is 5.76 Å². The normalized spacial score (nSPS) is 18.0. The van der Waals surface area contributed by atoms with E-state index < -0.39 is 17.5 Å². The van der Waals surface area contributed by atoms with Crippen LogP contribution in [-0.4, -0.2) is 35.6 Å². The van der Waals surface area contributed by atoms with Gasteiger partial charge >= 0.3 is 0 Å². The molecule has 1 fully saturated rings. The Balaban J connectivity index is 1.48. The lowest BCUT2D eigenvalue weighted by Gasteiger charge is -2.14. The summed E-state index contributed by atoms with van der Waals surface area (Å²) in [4.78, 5) is 14.2. The van der Waals surface area contributed by atoms with Crippen LogP contribution in [-0.2, 0) is 6.54 Å². The number of benzene rings is 1. The van der Waals surface area contributed by atoms with Crippen LogP contribution in [0.1, 0.15) is 28.2 Å². The number of nitrogens with zero attached hydrogens (tertiary/aromatic N) is 2. The highest BCUT2D eigenvalue weighted by Gasteiger charge is 2.24. The van der Waals surface area contributed by atoms with Crippen LogP contribution in [0.3, 0.4) is 0 Å². The van der Waals surface area contributed by atoms with Crippen molar-refractivity contribution in [1.29, 1.82) is 0 Å². The van der Waals surface area contributed by atoms with Crippen molar-refractivity contribution < 1.29 is 18.1 Å². The molecule has 0 spiro atoms. The van der Waals surface area contributed by atoms with E-state index in [4.69, 9.17) is 4.52 Å². The Hall–Kier alpha value is -2.28. The summed E-state index contributed by atoms with van der Waals surface area (Å²) in [6.45, 7) is 4.76. The van der Waals surface area contributed by atoms with Crippen LogP contribution in [0, 0.1) is 24.5 Å². The third-order valence-corrected chi connectivity index (χ3v) is 4.15. The summed E-state index contributed by atoms with van der Waals surface area (Å²) in [6.07, 6.45) is 0.944. The number of rotatable bonds is 5. The summed E-state index contributed by atoms with van der Waals surface area (Å²) in [7, 11) is 0. The number of aromatic nitrogens is 1. The molecule has 0 unspecified atom stereocenters. The summed E-state index contributed by atoms with van der Waals surface area (Å²) in [5.74, 6) is -0.941. The minimum absolute atomic E-state index is 0.136. The lowest BCUT2D eigenvalue weighted by Crippen LogP contribution is -2.31. The zero-order valence-electron chi connectivity index (χ0n) is 13.4. The molecule has 1 aromatic heterocycles. The molecule has 0 bridgehead atoms. The fraction of sp³-hybridized carbons (Fsp3) is 0.412. The lowest BCUT2D eigenvalue weighted by atomic mass is 10.1. The Kier molecular flexibility index (Phi) is 4.89. The average Bonchev–Trinajstić information content (AvgIpc) is 3.14. The fourth-order valence-electron chi connectivity index (χ4n) is 2.94. The average molecular weight is 335 g/mol. The summed E-state index contributed by atoms with van der Waals surface area (Å²) in [6, 6.07) is 4.86. The molecule has 1 saturated heterocycles. The van der Waals surface area contributed by atoms with Crippen molar-refractivity contribution in [3.63, 3.8) is 0 Å². The Labute approximate surface area is 138 Å². The van der Waals surface area contributed by atoms with E-state index in [2.05, 4.69) is 15.4 Å². The zero-order chi connectivity index (χ0) is 17.1. The van der Waals surface area contributed by atoms with Crippen molar-refractivity contribution in [1.82, 2.24) is 15.4 Å². The second-order valence-corrected chi connectivity index (χ2v) is 6.16. The summed E-state index contributed by atoms with van der Waals surface area (Å²) in [5.41, 5.74) is 0.720. The lowest BCUT2D eigenvalue weighted by molar-refractivity contribution is 0.0943. The molecule has 0 saturated carbocycles. The second kappa shape index (κ2) is 7.09. The molecule has 24 heavy (non-hydrogen) atoms. The van der Waals surface area contributed by atoms with Gasteiger partial charge < -0.3 is 9.84 Å². The predicted octanol–water partition coefficient (Wildman–Crippen LogP) is 2.51. The molecule has 1 aromatic carbocycles. The van der Waals surface area contributed by atoms with Gasteiger partial charge in [0, 0.05) is 25.2 Å². The summed E-state index contributed by atoms with van der Waals surface area (Å²) < 4.78 is 31.7. The third kappa shape index (κ3) is 3.97. The van der Waals surface area contributed by atoms with Crippen molar-refractivity contribution in [2.75, 3.05) is 19.6 Å². The van der Waals surface area contributed by atoms with E-state index in [0.29, 0.717) is 25.1 Å². The van der Waals surface area contributed by atoms with E-state index in [1.54, 1.807) is 0 Å². The molecular weight excluding hydrogens is 316 g/mol. The van der Waals surface area contributed by atoms with Crippen molar-refractivity contribution >= 4 is 5.91 Å². The van der Waals surface area contributed by atoms with Crippen LogP contribution in [0.15, 0.2) is 28.8 Å². The highest BCUT2D eigenvalue weighted by Crippen LogP contribution is 2.19. The molecule has 3 rings (SSSR count). The van der Waals surface area contributed by atoms with Gasteiger partial charge in [-0.25, -0.2) is 8.78 Å². The van der Waals surface area contributed by atoms with Crippen molar-refractivity contribution in [3.05, 3.63) is 52.9 Å². The first-order valence-corrected chi connectivity index (χ1v) is 7.89. The van der Waals surface area contributed by atoms with E-state index in [1.165, 1.54) is 0 Å². The number of carbonyl (C=O) groups excluding carboxylic acids is 1. The van der Waals surface area contributed by atoms with Crippen LogP contribution in [0.4, 0.5) is 8.78 Å². The van der Waals surface area contributed by atoms with E-state index >= 15 is 0 Å². The maximum absolute atomic E-state index is 13.6. The molecule has 2 heterocycles. The molecule has 1 atom stereocenters. The first-order chi connectivity index (χ1) is 11.5. The van der Waals surface area contributed by atoms with E-state index in [9.17, 15) is 13.6 Å². The number of carbonyl (C=O) groups is 1. The molecule has 5 nitrogen and oxygen atoms in total. The molecule has 1 amide bonds. The van der Waals surface area contributed by atoms with E-state index in [1.807, 2.05) is 13.0 Å². The van der Waals surface area contributed by atoms with Gasteiger partial charge in [0.25, 0.3) is 5.91 Å². The Morgan fingerprint density at radius 3 is 2.96 bits per heavy atom. The Morgan fingerprint density at radius 2 is 2.25 bits per heavy atom. The number of hydrogen-bond acceptors (Lipinski definition) is 4. The minimum atomic E-state index is -0.846. The van der Waals surface area contributed by atoms with E-state index in [-0.39, 0.29) is 5.56 Å². The Bertz CT molecular complexity index is 732. The topological polar surface area (TPSA) is 58.4 Å². The molecule has 128 valence electrons. The van der Waals surface area contributed by atoms with Gasteiger partial charge in [-0.2, -0.15) is 0 Å². The molecular formula is C17H19F2N3O2. The molecule has 7 heteroatoms. The third-order valence-electron chi connectivity index (χ3n) is 4.15. The number of nitrogens with one attached hydrogen (secondary N) is 1. The standard InChI is InChI=1S/C17H19F2N3O2/c1-11-6-14(24-21-11)10-22-5-4-12(9-22)8-20-17(23)15-3-2-13(18)7-16(15)19/h2-3,6-7,12H,4-5,8-10H2,1H3,(H,20,23)/t12-/m1/s1. The zero-order valence-corrected chi connectivity index (χ0v) is 13.4. The minimum Gasteiger partial charge on any atom is -0.360 e. The van der Waals surface area contributed by atoms with Gasteiger partial charge in [0.1, 0.15) is 11.6 Å². The highest BCUT2D eigenvalue weighted by atomic mass is 19.1. The monoisotopic (exact) mass is 335 g/mol. The quantitative estimate of drug-likeness (QED) is 0.912. The van der Waals surface area contributed by atoms with Crippen molar-refractivity contribution in [3.8, 4) is 0 Å². The molecule has 1 aliphatic rings. The molecule has 0 radical (unpaired) electrons. The second-order valence-electron chi connectivity index (χ2n) is 6.16. The highest BCUT2D eigenvalue weighted by molar-refractivity contribution is 5.94. The van der Waals surface area contributed by atoms with Crippen molar-refractivity contribution in [2.45, 2.75) is 19.9 Å². The van der Waals surface area contributed by atoms with Crippen LogP contribution in [0.5, 0.6) is 0 Å². The van der Waals surface area contributed by atoms with Crippen LogP contribution in [0.2, 0.25) is 0 Å². The Morgan fingerprint density at radius 1 is 1.42 bits per heavy atom. The number of amides is 1. The molecule has 2 aromatic rings. The number of likely N-dealkylation sites (tertiary alicyclic amines) is 1. The smallest absolute Gasteiger partial charge is 0.254 e. The maximum Gasteiger partial charge on any atom is 0.254 e. The first-order valence-electron chi connectivity index (χ1n) is 7.89. The van der Waals surface area contributed by atoms with Crippen LogP contribution < -0.4 is 5.32 Å². The van der Waals surface area contributed by atoms with Crippen molar-refractivity contribution in [2.24, 2.45) is 5.92 Å². The van der Waals surface area contributed by atoms with Gasteiger partial charge in [-0.1, -0.05) is 5.16 Å². The van der Waals surface area contributed by atoms with Gasteiger partial charge in [0.2, 0.25) is 0 Å². The van der Waals surface area contributed by atoms with Crippen LogP contribution in [0.25, 0.3) is 0 Å². The fourth-order valence-corrected chi connectivity index (χ4v) is 2.94. The first kappa shape index (κ1) is 16.6. The number of hydrogen-bond donors (Lipinski definition) is 1. The van der Waals surface area contributed by atoms with Gasteiger partial charge in [0.05, 0.1) is 17.8 Å². The van der Waals surface area contributed by atoms with Gasteiger partial charge in [-0.05, 0) is 37.9 Å². The van der Waals surface area contributed by atoms with E-state index in [0.717, 1.165) is 43.1 Å². The summed E-state index contributed by atoms with van der Waals surface area (Å²) >= 11 is 0. The molecule has 1 aliphatic heterocycles. The maximum atomic E-state index is 13.6. The van der Waals surface area contributed by atoms with Gasteiger partial charge in [-0.15, -0.1) is 0 Å². The number of aryl methyl sites for hydroxylation is 1. The summed E-state index contributed by atoms with van der Waals surface area (Å²) in [5, 5.41) is 6.59. The molecule has 1 N–H and O–H groups in total. The predicted molar refractivity (Wildman–Crippen MR) is 83.3 cm³/mol.